The maximum Gasteiger partial charge on any atom is 0.101 e. The highest BCUT2D eigenvalue weighted by Gasteiger charge is 1.99. The molecule has 0 aliphatic rings. The Morgan fingerprint density at radius 1 is 1.28 bits per heavy atom. The highest BCUT2D eigenvalue weighted by Crippen LogP contribution is 2.04. The summed E-state index contributed by atoms with van der Waals surface area (Å²) in [5.41, 5.74) is 0. The van der Waals surface area contributed by atoms with Crippen LogP contribution in [0.1, 0.15) is 40.0 Å². The van der Waals surface area contributed by atoms with Crippen LogP contribution >= 0.6 is 0 Å². The lowest BCUT2D eigenvalue weighted by Gasteiger charge is -2.14. The number of unbranched alkanes of at least 4 members (excludes halogenated alkanes) is 1. The summed E-state index contributed by atoms with van der Waals surface area (Å²) in [4.78, 5) is 2.16. The van der Waals surface area contributed by atoms with E-state index in [2.05, 4.69) is 11.8 Å². The first-order chi connectivity index (χ1) is 8.70. The fourth-order valence-electron chi connectivity index (χ4n) is 1.25. The van der Waals surface area contributed by atoms with Crippen molar-refractivity contribution in [3.8, 4) is 0 Å². The van der Waals surface area contributed by atoms with Crippen molar-refractivity contribution in [1.29, 1.82) is 0 Å². The van der Waals surface area contributed by atoms with E-state index in [9.17, 15) is 4.39 Å². The summed E-state index contributed by atoms with van der Waals surface area (Å²) < 4.78 is 18.1. The van der Waals surface area contributed by atoms with Gasteiger partial charge in [0.25, 0.3) is 0 Å². The van der Waals surface area contributed by atoms with Gasteiger partial charge in [0.15, 0.2) is 0 Å². The third-order valence-corrected chi connectivity index (χ3v) is 2.30. The molecule has 18 heavy (non-hydrogen) atoms. The van der Waals surface area contributed by atoms with Crippen LogP contribution in [0.15, 0.2) is 24.1 Å². The highest BCUT2D eigenvalue weighted by atomic mass is 19.1. The molecular weight excluding hydrogens is 229 g/mol. The lowest BCUT2D eigenvalue weighted by Crippen LogP contribution is -2.20. The summed E-state index contributed by atoms with van der Waals surface area (Å²) in [6.45, 7) is 8.51. The Morgan fingerprint density at radius 2 is 1.94 bits per heavy atom. The molecule has 3 heteroatoms. The first kappa shape index (κ1) is 19.7. The fourth-order valence-corrected chi connectivity index (χ4v) is 1.25. The first-order valence-corrected chi connectivity index (χ1v) is 6.89. The molecule has 0 atom stereocenters. The third-order valence-electron chi connectivity index (χ3n) is 2.30. The van der Waals surface area contributed by atoms with Gasteiger partial charge in [-0.1, -0.05) is 39.3 Å². The van der Waals surface area contributed by atoms with Gasteiger partial charge < -0.3 is 9.64 Å². The van der Waals surface area contributed by atoms with Gasteiger partial charge >= 0.3 is 0 Å². The summed E-state index contributed by atoms with van der Waals surface area (Å²) in [6, 6.07) is 0. The van der Waals surface area contributed by atoms with E-state index < -0.39 is 0 Å². The Balaban J connectivity index is 0. The largest absolute Gasteiger partial charge is 0.381 e. The smallest absolute Gasteiger partial charge is 0.101 e. The second kappa shape index (κ2) is 16.3. The quantitative estimate of drug-likeness (QED) is 0.576. The average molecular weight is 259 g/mol. The molecule has 0 unspecified atom stereocenters. The molecular formula is C15H30FNO. The number of ether oxygens (including phenoxy) is 1. The number of hydrogen-bond donors (Lipinski definition) is 0. The SMILES string of the molecule is CC.CCCCN(C)CC/C(F)=C\C=C/COC. The zero-order valence-corrected chi connectivity index (χ0v) is 12.7. The van der Waals surface area contributed by atoms with E-state index in [1.54, 1.807) is 19.3 Å². The molecule has 0 heterocycles. The molecule has 0 amide bonds. The Bertz CT molecular complexity index is 215. The van der Waals surface area contributed by atoms with E-state index in [4.69, 9.17) is 4.74 Å². The Morgan fingerprint density at radius 3 is 2.50 bits per heavy atom. The number of hydrogen-bond acceptors (Lipinski definition) is 2. The first-order valence-electron chi connectivity index (χ1n) is 6.89. The molecule has 0 bridgehead atoms. The van der Waals surface area contributed by atoms with E-state index in [0.717, 1.165) is 13.1 Å². The van der Waals surface area contributed by atoms with Crippen molar-refractivity contribution in [2.45, 2.75) is 40.0 Å². The van der Waals surface area contributed by atoms with E-state index in [-0.39, 0.29) is 5.83 Å². The van der Waals surface area contributed by atoms with E-state index in [1.807, 2.05) is 20.9 Å². The zero-order valence-electron chi connectivity index (χ0n) is 12.7. The molecule has 2 nitrogen and oxygen atoms in total. The molecule has 0 radical (unpaired) electrons. The van der Waals surface area contributed by atoms with Crippen molar-refractivity contribution in [2.24, 2.45) is 0 Å². The van der Waals surface area contributed by atoms with E-state index >= 15 is 0 Å². The van der Waals surface area contributed by atoms with Crippen LogP contribution in [0.5, 0.6) is 0 Å². The van der Waals surface area contributed by atoms with Crippen LogP contribution in [0.3, 0.4) is 0 Å². The maximum atomic E-state index is 13.3. The van der Waals surface area contributed by atoms with Gasteiger partial charge in [0.1, 0.15) is 5.83 Å². The molecule has 0 aliphatic heterocycles. The van der Waals surface area contributed by atoms with Crippen LogP contribution in [0.25, 0.3) is 0 Å². The second-order valence-electron chi connectivity index (χ2n) is 3.90. The summed E-state index contributed by atoms with van der Waals surface area (Å²) in [5, 5.41) is 0. The van der Waals surface area contributed by atoms with Crippen molar-refractivity contribution in [1.82, 2.24) is 4.90 Å². The summed E-state index contributed by atoms with van der Waals surface area (Å²) in [5.74, 6) is -0.0734. The lowest BCUT2D eigenvalue weighted by molar-refractivity contribution is 0.234. The summed E-state index contributed by atoms with van der Waals surface area (Å²) in [7, 11) is 3.65. The van der Waals surface area contributed by atoms with Crippen LogP contribution in [0.4, 0.5) is 4.39 Å². The van der Waals surface area contributed by atoms with Gasteiger partial charge in [0.05, 0.1) is 6.61 Å². The predicted molar refractivity (Wildman–Crippen MR) is 78.6 cm³/mol. The summed E-state index contributed by atoms with van der Waals surface area (Å²) in [6.07, 6.45) is 7.84. The van der Waals surface area contributed by atoms with E-state index in [0.29, 0.717) is 13.0 Å². The molecule has 0 aliphatic carbocycles. The molecule has 0 spiro atoms. The Hall–Kier alpha value is -0.670. The van der Waals surface area contributed by atoms with Crippen molar-refractivity contribution in [2.75, 3.05) is 33.9 Å². The minimum atomic E-state index is -0.0734. The van der Waals surface area contributed by atoms with Gasteiger partial charge in [-0.15, -0.1) is 0 Å². The fraction of sp³-hybridized carbons (Fsp3) is 0.733. The van der Waals surface area contributed by atoms with Gasteiger partial charge in [-0.3, -0.25) is 0 Å². The number of nitrogens with zero attached hydrogens (tertiary/aromatic N) is 1. The zero-order chi connectivity index (χ0) is 14.2. The molecule has 0 aromatic heterocycles. The van der Waals surface area contributed by atoms with Gasteiger partial charge in [-0.05, 0) is 26.1 Å². The van der Waals surface area contributed by atoms with Crippen LogP contribution in [-0.4, -0.2) is 38.8 Å². The monoisotopic (exact) mass is 259 g/mol. The lowest BCUT2D eigenvalue weighted by atomic mass is 10.3. The van der Waals surface area contributed by atoms with Crippen LogP contribution < -0.4 is 0 Å². The minimum absolute atomic E-state index is 0.0734. The molecule has 0 fully saturated rings. The number of allylic oxidation sites excluding steroid dienone is 2. The molecule has 0 aromatic rings. The minimum Gasteiger partial charge on any atom is -0.381 e. The molecule has 0 saturated heterocycles. The van der Waals surface area contributed by atoms with E-state index in [1.165, 1.54) is 18.9 Å². The average Bonchev–Trinajstić information content (AvgIpc) is 2.41. The number of rotatable bonds is 9. The maximum absolute atomic E-state index is 13.3. The third kappa shape index (κ3) is 15.3. The molecule has 0 aromatic carbocycles. The molecule has 0 saturated carbocycles. The van der Waals surface area contributed by atoms with Crippen LogP contribution in [0.2, 0.25) is 0 Å². The molecule has 108 valence electrons. The van der Waals surface area contributed by atoms with Gasteiger partial charge in [0.2, 0.25) is 0 Å². The highest BCUT2D eigenvalue weighted by molar-refractivity contribution is 5.07. The van der Waals surface area contributed by atoms with Gasteiger partial charge in [-0.2, -0.15) is 0 Å². The van der Waals surface area contributed by atoms with Crippen molar-refractivity contribution < 1.29 is 9.13 Å². The second-order valence-corrected chi connectivity index (χ2v) is 3.90. The van der Waals surface area contributed by atoms with Crippen molar-refractivity contribution >= 4 is 0 Å². The van der Waals surface area contributed by atoms with Crippen LogP contribution in [-0.2, 0) is 4.74 Å². The molecule has 0 N–H and O–H groups in total. The van der Waals surface area contributed by atoms with Crippen molar-refractivity contribution in [3.05, 3.63) is 24.1 Å². The number of halogens is 1. The van der Waals surface area contributed by atoms with Crippen molar-refractivity contribution in [3.63, 3.8) is 0 Å². The Kier molecular flexibility index (Phi) is 17.8. The molecule has 0 rings (SSSR count). The van der Waals surface area contributed by atoms with Gasteiger partial charge in [0, 0.05) is 20.1 Å². The number of methoxy groups -OCH3 is 1. The normalized spacial score (nSPS) is 11.8. The van der Waals surface area contributed by atoms with Crippen LogP contribution in [0, 0.1) is 0 Å². The standard InChI is InChI=1S/C13H24FNO.C2H6/c1-4-5-10-15(2)11-9-13(14)8-6-7-12-16-3;1-2/h6-8H,4-5,9-12H2,1-3H3;1-2H3/b7-6-,13-8+;. The van der Waals surface area contributed by atoms with Gasteiger partial charge in [-0.25, -0.2) is 4.39 Å². The summed E-state index contributed by atoms with van der Waals surface area (Å²) >= 11 is 0. The Labute approximate surface area is 113 Å². The predicted octanol–water partition coefficient (Wildman–Crippen LogP) is 4.19. The topological polar surface area (TPSA) is 12.5 Å².